The quantitative estimate of drug-likeness (QED) is 0.799. The van der Waals surface area contributed by atoms with Crippen LogP contribution in [-0.4, -0.2) is 0 Å². The molecule has 0 fully saturated rings. The first kappa shape index (κ1) is 12.6. The van der Waals surface area contributed by atoms with Crippen LogP contribution in [0.25, 0.3) is 0 Å². The van der Waals surface area contributed by atoms with Crippen molar-refractivity contribution in [2.24, 2.45) is 0 Å². The lowest BCUT2D eigenvalue weighted by atomic mass is 10.2. The van der Waals surface area contributed by atoms with Crippen molar-refractivity contribution in [2.45, 2.75) is 6.92 Å². The van der Waals surface area contributed by atoms with Gasteiger partial charge in [-0.05, 0) is 36.8 Å². The van der Waals surface area contributed by atoms with E-state index in [9.17, 15) is 8.78 Å². The van der Waals surface area contributed by atoms with Crippen LogP contribution in [0.3, 0.4) is 0 Å². The van der Waals surface area contributed by atoms with E-state index < -0.39 is 11.6 Å². The Morgan fingerprint density at radius 2 is 1.89 bits per heavy atom. The summed E-state index contributed by atoms with van der Waals surface area (Å²) < 4.78 is 26.8. The molecule has 2 aromatic rings. The zero-order chi connectivity index (χ0) is 13.3. The van der Waals surface area contributed by atoms with Crippen molar-refractivity contribution in [1.29, 1.82) is 0 Å². The summed E-state index contributed by atoms with van der Waals surface area (Å²) in [4.78, 5) is 0. The predicted octanol–water partition coefficient (Wildman–Crippen LogP) is 4.25. The van der Waals surface area contributed by atoms with E-state index in [-0.39, 0.29) is 11.4 Å². The molecular formula is C13H11ClF2N2. The predicted molar refractivity (Wildman–Crippen MR) is 70.2 cm³/mol. The van der Waals surface area contributed by atoms with Crippen LogP contribution in [0.15, 0.2) is 30.3 Å². The van der Waals surface area contributed by atoms with Crippen molar-refractivity contribution in [3.05, 3.63) is 52.6 Å². The number of rotatable bonds is 2. The van der Waals surface area contributed by atoms with Gasteiger partial charge in [-0.2, -0.15) is 0 Å². The molecule has 0 radical (unpaired) electrons. The fourth-order valence-electron chi connectivity index (χ4n) is 1.56. The Balaban J connectivity index is 2.46. The molecule has 2 aromatic carbocycles. The lowest BCUT2D eigenvalue weighted by Gasteiger charge is -2.13. The number of hydrogen-bond acceptors (Lipinski definition) is 2. The third-order valence-electron chi connectivity index (χ3n) is 2.59. The van der Waals surface area contributed by atoms with Gasteiger partial charge in [-0.3, -0.25) is 0 Å². The van der Waals surface area contributed by atoms with E-state index in [0.717, 1.165) is 11.6 Å². The Bertz CT molecular complexity index is 600. The highest BCUT2D eigenvalue weighted by atomic mass is 35.5. The number of nitrogen functional groups attached to an aromatic ring is 1. The fraction of sp³-hybridized carbons (Fsp3) is 0.0769. The van der Waals surface area contributed by atoms with Gasteiger partial charge in [-0.25, -0.2) is 8.78 Å². The molecule has 18 heavy (non-hydrogen) atoms. The average Bonchev–Trinajstić information content (AvgIpc) is 2.34. The Kier molecular flexibility index (Phi) is 3.39. The number of anilines is 3. The Morgan fingerprint density at radius 1 is 1.17 bits per heavy atom. The molecule has 3 N–H and O–H groups in total. The maximum atomic E-state index is 13.6. The van der Waals surface area contributed by atoms with Crippen molar-refractivity contribution >= 4 is 28.7 Å². The molecule has 2 rings (SSSR count). The van der Waals surface area contributed by atoms with Crippen LogP contribution in [0.5, 0.6) is 0 Å². The zero-order valence-electron chi connectivity index (χ0n) is 9.60. The molecule has 0 aliphatic carbocycles. The van der Waals surface area contributed by atoms with Crippen LogP contribution in [0.2, 0.25) is 5.02 Å². The van der Waals surface area contributed by atoms with Crippen LogP contribution >= 0.6 is 11.6 Å². The van der Waals surface area contributed by atoms with Crippen molar-refractivity contribution < 1.29 is 8.78 Å². The number of halogens is 3. The second-order valence-corrected chi connectivity index (χ2v) is 4.35. The van der Waals surface area contributed by atoms with Crippen molar-refractivity contribution in [3.63, 3.8) is 0 Å². The molecule has 0 unspecified atom stereocenters. The molecule has 0 spiro atoms. The Hall–Kier alpha value is -1.81. The van der Waals surface area contributed by atoms with E-state index in [2.05, 4.69) is 5.32 Å². The molecule has 0 bridgehead atoms. The average molecular weight is 269 g/mol. The number of aryl methyl sites for hydroxylation is 1. The molecule has 0 aromatic heterocycles. The minimum atomic E-state index is -1.01. The summed E-state index contributed by atoms with van der Waals surface area (Å²) in [7, 11) is 0. The third kappa shape index (κ3) is 2.38. The standard InChI is InChI=1S/C13H11ClF2N2/c1-7-2-3-8(14)6-11(7)18-13-10(17)5-4-9(15)12(13)16/h2-6,18H,17H2,1H3. The van der Waals surface area contributed by atoms with Gasteiger partial charge in [0.15, 0.2) is 11.6 Å². The van der Waals surface area contributed by atoms with Gasteiger partial charge in [-0.1, -0.05) is 17.7 Å². The molecule has 5 heteroatoms. The Morgan fingerprint density at radius 3 is 2.61 bits per heavy atom. The molecule has 0 aliphatic rings. The van der Waals surface area contributed by atoms with E-state index in [1.54, 1.807) is 18.2 Å². The summed E-state index contributed by atoms with van der Waals surface area (Å²) in [6, 6.07) is 7.41. The van der Waals surface area contributed by atoms with Gasteiger partial charge < -0.3 is 11.1 Å². The van der Waals surface area contributed by atoms with E-state index in [1.165, 1.54) is 6.07 Å². The minimum Gasteiger partial charge on any atom is -0.397 e. The third-order valence-corrected chi connectivity index (χ3v) is 2.82. The summed E-state index contributed by atoms with van der Waals surface area (Å²) >= 11 is 5.85. The minimum absolute atomic E-state index is 0.0830. The first-order valence-electron chi connectivity index (χ1n) is 5.25. The van der Waals surface area contributed by atoms with Crippen molar-refractivity contribution in [2.75, 3.05) is 11.1 Å². The van der Waals surface area contributed by atoms with Crippen LogP contribution in [-0.2, 0) is 0 Å². The van der Waals surface area contributed by atoms with Gasteiger partial charge in [0, 0.05) is 10.7 Å². The van der Waals surface area contributed by atoms with Crippen LogP contribution in [0.1, 0.15) is 5.56 Å². The van der Waals surface area contributed by atoms with Gasteiger partial charge in [-0.15, -0.1) is 0 Å². The number of benzene rings is 2. The zero-order valence-corrected chi connectivity index (χ0v) is 10.4. The van der Waals surface area contributed by atoms with Gasteiger partial charge in [0.1, 0.15) is 5.69 Å². The number of hydrogen-bond donors (Lipinski definition) is 2. The maximum absolute atomic E-state index is 13.6. The largest absolute Gasteiger partial charge is 0.397 e. The topological polar surface area (TPSA) is 38.0 Å². The van der Waals surface area contributed by atoms with Gasteiger partial charge in [0.2, 0.25) is 0 Å². The molecule has 0 aliphatic heterocycles. The lowest BCUT2D eigenvalue weighted by molar-refractivity contribution is 0.512. The maximum Gasteiger partial charge on any atom is 0.184 e. The highest BCUT2D eigenvalue weighted by Crippen LogP contribution is 2.30. The summed E-state index contributed by atoms with van der Waals surface area (Å²) in [6.45, 7) is 1.83. The van der Waals surface area contributed by atoms with Gasteiger partial charge in [0.05, 0.1) is 5.69 Å². The SMILES string of the molecule is Cc1ccc(Cl)cc1Nc1c(N)ccc(F)c1F. The van der Waals surface area contributed by atoms with Gasteiger partial charge >= 0.3 is 0 Å². The first-order valence-corrected chi connectivity index (χ1v) is 5.63. The summed E-state index contributed by atoms with van der Waals surface area (Å²) in [5, 5.41) is 3.26. The summed E-state index contributed by atoms with van der Waals surface area (Å²) in [5.41, 5.74) is 7.11. The molecule has 0 heterocycles. The monoisotopic (exact) mass is 268 g/mol. The fourth-order valence-corrected chi connectivity index (χ4v) is 1.73. The molecule has 0 atom stereocenters. The molecule has 0 saturated carbocycles. The van der Waals surface area contributed by atoms with Crippen LogP contribution < -0.4 is 11.1 Å². The molecule has 2 nitrogen and oxygen atoms in total. The van der Waals surface area contributed by atoms with Crippen molar-refractivity contribution in [1.82, 2.24) is 0 Å². The second kappa shape index (κ2) is 4.82. The van der Waals surface area contributed by atoms with Gasteiger partial charge in [0.25, 0.3) is 0 Å². The van der Waals surface area contributed by atoms with E-state index in [0.29, 0.717) is 10.7 Å². The van der Waals surface area contributed by atoms with E-state index in [4.69, 9.17) is 17.3 Å². The normalized spacial score (nSPS) is 10.4. The first-order chi connectivity index (χ1) is 8.49. The Labute approximate surface area is 108 Å². The number of nitrogens with one attached hydrogen (secondary N) is 1. The lowest BCUT2D eigenvalue weighted by Crippen LogP contribution is -2.02. The van der Waals surface area contributed by atoms with Crippen molar-refractivity contribution in [3.8, 4) is 0 Å². The van der Waals surface area contributed by atoms with Crippen LogP contribution in [0, 0.1) is 18.6 Å². The van der Waals surface area contributed by atoms with Crippen LogP contribution in [0.4, 0.5) is 25.8 Å². The molecule has 94 valence electrons. The number of nitrogens with two attached hydrogens (primary N) is 1. The molecule has 0 saturated heterocycles. The molecule has 0 amide bonds. The smallest absolute Gasteiger partial charge is 0.184 e. The second-order valence-electron chi connectivity index (χ2n) is 3.91. The highest BCUT2D eigenvalue weighted by Gasteiger charge is 2.12. The van der Waals surface area contributed by atoms with E-state index >= 15 is 0 Å². The highest BCUT2D eigenvalue weighted by molar-refractivity contribution is 6.30. The summed E-state index contributed by atoms with van der Waals surface area (Å²) in [5.74, 6) is -1.96. The summed E-state index contributed by atoms with van der Waals surface area (Å²) in [6.07, 6.45) is 0. The van der Waals surface area contributed by atoms with E-state index in [1.807, 2.05) is 6.92 Å². The molecular weight excluding hydrogens is 258 g/mol.